The van der Waals surface area contributed by atoms with Gasteiger partial charge in [-0.25, -0.2) is 9.97 Å². The second-order valence-corrected chi connectivity index (χ2v) is 6.37. The minimum Gasteiger partial charge on any atom is -0.493 e. The van der Waals surface area contributed by atoms with E-state index in [-0.39, 0.29) is 0 Å². The first-order valence-electron chi connectivity index (χ1n) is 8.45. The highest BCUT2D eigenvalue weighted by Crippen LogP contribution is 2.38. The lowest BCUT2D eigenvalue weighted by atomic mass is 10.0. The van der Waals surface area contributed by atoms with E-state index in [2.05, 4.69) is 0 Å². The van der Waals surface area contributed by atoms with Crippen LogP contribution in [0.1, 0.15) is 0 Å². The average molecular weight is 377 g/mol. The predicted octanol–water partition coefficient (Wildman–Crippen LogP) is 5.63. The lowest BCUT2D eigenvalue weighted by molar-refractivity contribution is 0.355. The average Bonchev–Trinajstić information content (AvgIpc) is 2.72. The standard InChI is InChI=1S/C22H17ClN2O2/c1-26-19-12-11-14(13-20(19)27-2)21-22(15-7-3-4-8-16(15)23)25-18-10-6-5-9-17(18)24-21/h3-13H,1-2H3. The summed E-state index contributed by atoms with van der Waals surface area (Å²) in [4.78, 5) is 9.74. The van der Waals surface area contributed by atoms with Gasteiger partial charge in [0, 0.05) is 11.1 Å². The molecule has 0 aliphatic rings. The number of fused-ring (bicyclic) bond motifs is 1. The molecule has 1 aromatic heterocycles. The van der Waals surface area contributed by atoms with Crippen LogP contribution in [-0.4, -0.2) is 24.2 Å². The Balaban J connectivity index is 2.01. The van der Waals surface area contributed by atoms with Gasteiger partial charge in [-0.3, -0.25) is 0 Å². The molecule has 0 amide bonds. The first kappa shape index (κ1) is 17.3. The van der Waals surface area contributed by atoms with Gasteiger partial charge in [0.2, 0.25) is 0 Å². The molecular weight excluding hydrogens is 360 g/mol. The number of para-hydroxylation sites is 2. The van der Waals surface area contributed by atoms with Crippen molar-refractivity contribution in [3.05, 3.63) is 71.8 Å². The third-order valence-electron chi connectivity index (χ3n) is 4.36. The SMILES string of the molecule is COc1ccc(-c2nc3ccccc3nc2-c2ccccc2Cl)cc1OC. The van der Waals surface area contributed by atoms with Crippen LogP contribution in [-0.2, 0) is 0 Å². The molecule has 0 saturated heterocycles. The number of benzene rings is 3. The fourth-order valence-corrected chi connectivity index (χ4v) is 3.25. The second kappa shape index (κ2) is 7.25. The monoisotopic (exact) mass is 376 g/mol. The van der Waals surface area contributed by atoms with Gasteiger partial charge in [0.05, 0.1) is 41.7 Å². The minimum absolute atomic E-state index is 0.629. The molecule has 0 unspecified atom stereocenters. The number of aromatic nitrogens is 2. The van der Waals surface area contributed by atoms with Crippen LogP contribution in [0.5, 0.6) is 11.5 Å². The van der Waals surface area contributed by atoms with Gasteiger partial charge in [-0.2, -0.15) is 0 Å². The van der Waals surface area contributed by atoms with Gasteiger partial charge < -0.3 is 9.47 Å². The van der Waals surface area contributed by atoms with Crippen LogP contribution in [0.2, 0.25) is 5.02 Å². The molecule has 1 heterocycles. The van der Waals surface area contributed by atoms with Gasteiger partial charge in [-0.05, 0) is 36.4 Å². The summed E-state index contributed by atoms with van der Waals surface area (Å²) >= 11 is 6.46. The van der Waals surface area contributed by atoms with E-state index in [1.807, 2.05) is 66.7 Å². The van der Waals surface area contributed by atoms with Crippen molar-refractivity contribution in [2.45, 2.75) is 0 Å². The van der Waals surface area contributed by atoms with Crippen molar-refractivity contribution in [3.8, 4) is 34.0 Å². The normalized spacial score (nSPS) is 10.8. The maximum absolute atomic E-state index is 6.46. The Labute approximate surface area is 162 Å². The van der Waals surface area contributed by atoms with Crippen molar-refractivity contribution >= 4 is 22.6 Å². The molecule has 0 saturated carbocycles. The first-order chi connectivity index (χ1) is 13.2. The molecule has 4 rings (SSSR count). The summed E-state index contributed by atoms with van der Waals surface area (Å²) in [7, 11) is 3.23. The molecular formula is C22H17ClN2O2. The van der Waals surface area contributed by atoms with Crippen LogP contribution in [0.25, 0.3) is 33.5 Å². The van der Waals surface area contributed by atoms with Gasteiger partial charge in [0.25, 0.3) is 0 Å². The molecule has 0 spiro atoms. The molecule has 134 valence electrons. The number of halogens is 1. The number of methoxy groups -OCH3 is 2. The molecule has 5 heteroatoms. The molecule has 0 aliphatic heterocycles. The molecule has 4 aromatic rings. The quantitative estimate of drug-likeness (QED) is 0.462. The van der Waals surface area contributed by atoms with Crippen molar-refractivity contribution in [3.63, 3.8) is 0 Å². The van der Waals surface area contributed by atoms with E-state index in [1.54, 1.807) is 14.2 Å². The molecule has 27 heavy (non-hydrogen) atoms. The summed E-state index contributed by atoms with van der Waals surface area (Å²) in [5.41, 5.74) is 4.81. The van der Waals surface area contributed by atoms with Crippen LogP contribution < -0.4 is 9.47 Å². The Morgan fingerprint density at radius 3 is 2.00 bits per heavy atom. The van der Waals surface area contributed by atoms with Crippen LogP contribution in [0, 0.1) is 0 Å². The van der Waals surface area contributed by atoms with E-state index in [4.69, 9.17) is 31.0 Å². The van der Waals surface area contributed by atoms with Gasteiger partial charge in [0.1, 0.15) is 0 Å². The van der Waals surface area contributed by atoms with E-state index >= 15 is 0 Å². The number of rotatable bonds is 4. The third kappa shape index (κ3) is 3.20. The molecule has 0 bridgehead atoms. The molecule has 0 atom stereocenters. The van der Waals surface area contributed by atoms with Crippen LogP contribution in [0.15, 0.2) is 66.7 Å². The lowest BCUT2D eigenvalue weighted by Crippen LogP contribution is -1.97. The minimum atomic E-state index is 0.629. The van der Waals surface area contributed by atoms with E-state index < -0.39 is 0 Å². The van der Waals surface area contributed by atoms with E-state index in [0.29, 0.717) is 16.5 Å². The zero-order valence-electron chi connectivity index (χ0n) is 14.9. The fraction of sp³-hybridized carbons (Fsp3) is 0.0909. The van der Waals surface area contributed by atoms with Crippen LogP contribution in [0.3, 0.4) is 0 Å². The fourth-order valence-electron chi connectivity index (χ4n) is 3.03. The summed E-state index contributed by atoms with van der Waals surface area (Å²) in [6.07, 6.45) is 0. The predicted molar refractivity (Wildman–Crippen MR) is 109 cm³/mol. The Morgan fingerprint density at radius 2 is 1.33 bits per heavy atom. The Kier molecular flexibility index (Phi) is 4.65. The van der Waals surface area contributed by atoms with Gasteiger partial charge in [0.15, 0.2) is 11.5 Å². The number of nitrogens with zero attached hydrogens (tertiary/aromatic N) is 2. The largest absolute Gasteiger partial charge is 0.493 e. The molecule has 4 nitrogen and oxygen atoms in total. The van der Waals surface area contributed by atoms with E-state index in [1.165, 1.54) is 0 Å². The summed E-state index contributed by atoms with van der Waals surface area (Å²) in [6.45, 7) is 0. The van der Waals surface area contributed by atoms with E-state index in [9.17, 15) is 0 Å². The topological polar surface area (TPSA) is 44.2 Å². The van der Waals surface area contributed by atoms with E-state index in [0.717, 1.165) is 33.5 Å². The highest BCUT2D eigenvalue weighted by atomic mass is 35.5. The maximum Gasteiger partial charge on any atom is 0.161 e. The maximum atomic E-state index is 6.46. The Bertz CT molecular complexity index is 1130. The number of ether oxygens (including phenoxy) is 2. The summed E-state index contributed by atoms with van der Waals surface area (Å²) in [5.74, 6) is 1.30. The van der Waals surface area contributed by atoms with Gasteiger partial charge >= 0.3 is 0 Å². The number of hydrogen-bond donors (Lipinski definition) is 0. The van der Waals surface area contributed by atoms with Crippen molar-refractivity contribution in [2.24, 2.45) is 0 Å². The van der Waals surface area contributed by atoms with Crippen molar-refractivity contribution < 1.29 is 9.47 Å². The first-order valence-corrected chi connectivity index (χ1v) is 8.83. The molecule has 0 aliphatic carbocycles. The lowest BCUT2D eigenvalue weighted by Gasteiger charge is -2.13. The molecule has 0 N–H and O–H groups in total. The van der Waals surface area contributed by atoms with Crippen molar-refractivity contribution in [2.75, 3.05) is 14.2 Å². The molecule has 3 aromatic carbocycles. The second-order valence-electron chi connectivity index (χ2n) is 5.96. The zero-order valence-corrected chi connectivity index (χ0v) is 15.7. The number of hydrogen-bond acceptors (Lipinski definition) is 4. The zero-order chi connectivity index (χ0) is 18.8. The Hall–Kier alpha value is -3.11. The van der Waals surface area contributed by atoms with Crippen LogP contribution in [0.4, 0.5) is 0 Å². The van der Waals surface area contributed by atoms with Crippen molar-refractivity contribution in [1.29, 1.82) is 0 Å². The summed E-state index contributed by atoms with van der Waals surface area (Å²) < 4.78 is 10.8. The summed E-state index contributed by atoms with van der Waals surface area (Å²) in [6, 6.07) is 21.1. The smallest absolute Gasteiger partial charge is 0.161 e. The highest BCUT2D eigenvalue weighted by Gasteiger charge is 2.17. The van der Waals surface area contributed by atoms with Crippen LogP contribution >= 0.6 is 11.6 Å². The van der Waals surface area contributed by atoms with Gasteiger partial charge in [-0.1, -0.05) is 41.9 Å². The molecule has 0 fully saturated rings. The molecule has 0 radical (unpaired) electrons. The van der Waals surface area contributed by atoms with Crippen molar-refractivity contribution in [1.82, 2.24) is 9.97 Å². The third-order valence-corrected chi connectivity index (χ3v) is 4.69. The highest BCUT2D eigenvalue weighted by molar-refractivity contribution is 6.33. The summed E-state index contributed by atoms with van der Waals surface area (Å²) in [5, 5.41) is 0.629. The van der Waals surface area contributed by atoms with Gasteiger partial charge in [-0.15, -0.1) is 0 Å². The Morgan fingerprint density at radius 1 is 0.704 bits per heavy atom.